The predicted molar refractivity (Wildman–Crippen MR) is 96.3 cm³/mol. The molecule has 2 aromatic carbocycles. The first-order valence-corrected chi connectivity index (χ1v) is 8.32. The van der Waals surface area contributed by atoms with Gasteiger partial charge in [0.2, 0.25) is 5.91 Å². The number of nitrogens with zero attached hydrogens (tertiary/aromatic N) is 3. The lowest BCUT2D eigenvalue weighted by atomic mass is 9.99. The summed E-state index contributed by atoms with van der Waals surface area (Å²) in [5.74, 6) is 0.298. The molecule has 0 unspecified atom stereocenters. The van der Waals surface area contributed by atoms with Crippen LogP contribution in [0.25, 0.3) is 0 Å². The molecule has 2 aliphatic rings. The van der Waals surface area contributed by atoms with E-state index in [-0.39, 0.29) is 11.7 Å². The Morgan fingerprint density at radius 2 is 1.96 bits per heavy atom. The molecule has 2 aromatic rings. The van der Waals surface area contributed by atoms with E-state index in [0.717, 1.165) is 11.3 Å². The van der Waals surface area contributed by atoms with Crippen LogP contribution < -0.4 is 4.90 Å². The Morgan fingerprint density at radius 3 is 2.72 bits per heavy atom. The Hall–Kier alpha value is -2.66. The van der Waals surface area contributed by atoms with Crippen LogP contribution >= 0.6 is 11.6 Å². The summed E-state index contributed by atoms with van der Waals surface area (Å²) in [7, 11) is 0. The second-order valence-electron chi connectivity index (χ2n) is 5.93. The SMILES string of the molecule is CC(=O)N1CCN2C1=CN=C(c1ccccc1F)c1cc(Cl)ccc12. The van der Waals surface area contributed by atoms with Crippen molar-refractivity contribution in [3.63, 3.8) is 0 Å². The lowest BCUT2D eigenvalue weighted by Crippen LogP contribution is -2.26. The van der Waals surface area contributed by atoms with Gasteiger partial charge in [-0.05, 0) is 30.3 Å². The minimum Gasteiger partial charge on any atom is -0.324 e. The molecule has 2 heterocycles. The van der Waals surface area contributed by atoms with Crippen LogP contribution in [-0.2, 0) is 4.79 Å². The fourth-order valence-electron chi connectivity index (χ4n) is 3.27. The van der Waals surface area contributed by atoms with Gasteiger partial charge in [-0.15, -0.1) is 0 Å². The Labute approximate surface area is 149 Å². The number of fused-ring (bicyclic) bond motifs is 3. The zero-order valence-electron chi connectivity index (χ0n) is 13.5. The van der Waals surface area contributed by atoms with Crippen molar-refractivity contribution in [1.29, 1.82) is 0 Å². The molecule has 0 N–H and O–H groups in total. The van der Waals surface area contributed by atoms with Gasteiger partial charge in [0.15, 0.2) is 0 Å². The first-order chi connectivity index (χ1) is 12.1. The third-order valence-electron chi connectivity index (χ3n) is 4.42. The average molecular weight is 356 g/mol. The second kappa shape index (κ2) is 6.01. The van der Waals surface area contributed by atoms with E-state index in [0.29, 0.717) is 35.2 Å². The van der Waals surface area contributed by atoms with Gasteiger partial charge in [-0.25, -0.2) is 4.39 Å². The molecular formula is C19H15ClFN3O. The predicted octanol–water partition coefficient (Wildman–Crippen LogP) is 3.80. The summed E-state index contributed by atoms with van der Waals surface area (Å²) in [4.78, 5) is 20.1. The number of hydrogen-bond acceptors (Lipinski definition) is 3. The van der Waals surface area contributed by atoms with E-state index in [1.54, 1.807) is 41.4 Å². The van der Waals surface area contributed by atoms with Crippen molar-refractivity contribution >= 4 is 28.9 Å². The summed E-state index contributed by atoms with van der Waals surface area (Å²) in [5.41, 5.74) is 2.51. The molecule has 0 aliphatic carbocycles. The number of amides is 1. The van der Waals surface area contributed by atoms with E-state index < -0.39 is 0 Å². The van der Waals surface area contributed by atoms with Gasteiger partial charge in [-0.1, -0.05) is 23.7 Å². The van der Waals surface area contributed by atoms with Crippen LogP contribution in [0.1, 0.15) is 18.1 Å². The highest BCUT2D eigenvalue weighted by molar-refractivity contribution is 6.31. The van der Waals surface area contributed by atoms with Crippen LogP contribution in [0, 0.1) is 5.82 Å². The average Bonchev–Trinajstić information content (AvgIpc) is 2.94. The van der Waals surface area contributed by atoms with E-state index >= 15 is 0 Å². The van der Waals surface area contributed by atoms with E-state index in [1.807, 2.05) is 11.0 Å². The van der Waals surface area contributed by atoms with E-state index in [2.05, 4.69) is 4.99 Å². The van der Waals surface area contributed by atoms with Crippen LogP contribution in [-0.4, -0.2) is 29.6 Å². The summed E-state index contributed by atoms with van der Waals surface area (Å²) in [6.45, 7) is 2.77. The molecule has 4 nitrogen and oxygen atoms in total. The molecule has 2 aliphatic heterocycles. The number of anilines is 1. The number of carbonyl (C=O) groups excluding carboxylic acids is 1. The van der Waals surface area contributed by atoms with Gasteiger partial charge in [-0.2, -0.15) is 0 Å². The maximum atomic E-state index is 14.4. The summed E-state index contributed by atoms with van der Waals surface area (Å²) < 4.78 is 14.4. The highest BCUT2D eigenvalue weighted by Crippen LogP contribution is 2.35. The number of carbonyl (C=O) groups is 1. The van der Waals surface area contributed by atoms with Gasteiger partial charge in [-0.3, -0.25) is 14.7 Å². The maximum Gasteiger partial charge on any atom is 0.225 e. The minimum absolute atomic E-state index is 0.0474. The van der Waals surface area contributed by atoms with Crippen LogP contribution in [0.3, 0.4) is 0 Å². The third-order valence-corrected chi connectivity index (χ3v) is 4.66. The van der Waals surface area contributed by atoms with Crippen LogP contribution in [0.4, 0.5) is 10.1 Å². The Morgan fingerprint density at radius 1 is 1.16 bits per heavy atom. The molecule has 25 heavy (non-hydrogen) atoms. The Kier molecular flexibility index (Phi) is 3.81. The van der Waals surface area contributed by atoms with Crippen molar-refractivity contribution in [1.82, 2.24) is 4.90 Å². The van der Waals surface area contributed by atoms with Crippen LogP contribution in [0.2, 0.25) is 5.02 Å². The largest absolute Gasteiger partial charge is 0.324 e. The number of halogens is 2. The molecule has 1 fully saturated rings. The quantitative estimate of drug-likeness (QED) is 0.780. The topological polar surface area (TPSA) is 35.9 Å². The molecule has 4 rings (SSSR count). The van der Waals surface area contributed by atoms with Gasteiger partial charge in [0.05, 0.1) is 17.6 Å². The normalized spacial score (nSPS) is 16.0. The Balaban J connectivity index is 1.96. The number of hydrogen-bond donors (Lipinski definition) is 0. The number of benzene rings is 2. The summed E-state index contributed by atoms with van der Waals surface area (Å²) in [6.07, 6.45) is 1.63. The molecule has 0 atom stereocenters. The smallest absolute Gasteiger partial charge is 0.225 e. The monoisotopic (exact) mass is 355 g/mol. The van der Waals surface area contributed by atoms with Gasteiger partial charge < -0.3 is 4.90 Å². The van der Waals surface area contributed by atoms with Crippen LogP contribution in [0.5, 0.6) is 0 Å². The standard InChI is InChI=1S/C19H15ClFN3O/c1-12(25)23-8-9-24-17-7-6-13(20)10-15(17)19(22-11-18(23)24)14-4-2-3-5-16(14)21/h2-7,10-11H,8-9H2,1H3. The molecule has 6 heteroatoms. The van der Waals surface area contributed by atoms with Crippen molar-refractivity contribution in [2.24, 2.45) is 4.99 Å². The van der Waals surface area contributed by atoms with Crippen molar-refractivity contribution in [3.8, 4) is 0 Å². The number of rotatable bonds is 1. The molecule has 126 valence electrons. The first-order valence-electron chi connectivity index (χ1n) is 7.94. The van der Waals surface area contributed by atoms with Crippen molar-refractivity contribution in [2.75, 3.05) is 18.0 Å². The van der Waals surface area contributed by atoms with E-state index in [4.69, 9.17) is 11.6 Å². The summed E-state index contributed by atoms with van der Waals surface area (Å²) >= 11 is 6.20. The van der Waals surface area contributed by atoms with Gasteiger partial charge in [0.25, 0.3) is 0 Å². The highest BCUT2D eigenvalue weighted by Gasteiger charge is 2.32. The fourth-order valence-corrected chi connectivity index (χ4v) is 3.44. The molecule has 1 amide bonds. The van der Waals surface area contributed by atoms with Gasteiger partial charge in [0.1, 0.15) is 11.6 Å². The first kappa shape index (κ1) is 15.8. The van der Waals surface area contributed by atoms with Crippen molar-refractivity contribution in [3.05, 3.63) is 76.5 Å². The summed E-state index contributed by atoms with van der Waals surface area (Å²) in [6, 6.07) is 12.0. The zero-order chi connectivity index (χ0) is 17.6. The lowest BCUT2D eigenvalue weighted by Gasteiger charge is -2.23. The highest BCUT2D eigenvalue weighted by atomic mass is 35.5. The molecule has 1 saturated heterocycles. The zero-order valence-corrected chi connectivity index (χ0v) is 14.3. The maximum absolute atomic E-state index is 14.4. The lowest BCUT2D eigenvalue weighted by molar-refractivity contribution is -0.126. The number of aliphatic imine (C=N–C) groups is 1. The molecular weight excluding hydrogens is 341 g/mol. The van der Waals surface area contributed by atoms with Crippen molar-refractivity contribution < 1.29 is 9.18 Å². The second-order valence-corrected chi connectivity index (χ2v) is 6.37. The fraction of sp³-hybridized carbons (Fsp3) is 0.158. The minimum atomic E-state index is -0.351. The summed E-state index contributed by atoms with van der Waals surface area (Å²) in [5, 5.41) is 0.550. The van der Waals surface area contributed by atoms with Crippen LogP contribution in [0.15, 0.2) is 59.5 Å². The van der Waals surface area contributed by atoms with E-state index in [1.165, 1.54) is 13.0 Å². The van der Waals surface area contributed by atoms with Gasteiger partial charge in [0, 0.05) is 36.2 Å². The molecule has 0 saturated carbocycles. The van der Waals surface area contributed by atoms with Gasteiger partial charge >= 0.3 is 0 Å². The Bertz CT molecular complexity index is 938. The molecule has 0 radical (unpaired) electrons. The molecule has 0 aromatic heterocycles. The van der Waals surface area contributed by atoms with Crippen molar-refractivity contribution in [2.45, 2.75) is 6.92 Å². The van der Waals surface area contributed by atoms with E-state index in [9.17, 15) is 9.18 Å². The molecule has 0 spiro atoms. The third kappa shape index (κ3) is 2.61. The molecule has 0 bridgehead atoms.